The standard InChI is InChI=1S/C14H21NO/c1-4-10-16-14-8-6-13(7-9-14)11-15-12(3)5-2/h5-9,12,15H,2,4,10-11H2,1,3H3. The highest BCUT2D eigenvalue weighted by Crippen LogP contribution is 2.12. The summed E-state index contributed by atoms with van der Waals surface area (Å²) < 4.78 is 5.52. The number of benzene rings is 1. The van der Waals surface area contributed by atoms with Gasteiger partial charge in [0.25, 0.3) is 0 Å². The Kier molecular flexibility index (Phi) is 5.65. The third-order valence-electron chi connectivity index (χ3n) is 2.38. The summed E-state index contributed by atoms with van der Waals surface area (Å²) in [6.07, 6.45) is 2.94. The number of rotatable bonds is 7. The zero-order valence-corrected chi connectivity index (χ0v) is 10.2. The highest BCUT2D eigenvalue weighted by Gasteiger charge is 1.97. The molecule has 0 saturated carbocycles. The molecule has 0 aliphatic rings. The first-order valence-corrected chi connectivity index (χ1v) is 5.84. The number of nitrogens with one attached hydrogen (secondary N) is 1. The third kappa shape index (κ3) is 4.49. The van der Waals surface area contributed by atoms with Gasteiger partial charge in [-0.25, -0.2) is 0 Å². The molecule has 16 heavy (non-hydrogen) atoms. The molecule has 0 saturated heterocycles. The molecule has 0 aliphatic carbocycles. The van der Waals surface area contributed by atoms with E-state index in [2.05, 4.69) is 37.9 Å². The Morgan fingerprint density at radius 3 is 2.62 bits per heavy atom. The summed E-state index contributed by atoms with van der Waals surface area (Å²) in [4.78, 5) is 0. The van der Waals surface area contributed by atoms with E-state index in [0.29, 0.717) is 6.04 Å². The molecule has 1 aromatic carbocycles. The second kappa shape index (κ2) is 7.07. The number of ether oxygens (including phenoxy) is 1. The third-order valence-corrected chi connectivity index (χ3v) is 2.38. The lowest BCUT2D eigenvalue weighted by molar-refractivity contribution is 0.317. The van der Waals surface area contributed by atoms with E-state index < -0.39 is 0 Å². The summed E-state index contributed by atoms with van der Waals surface area (Å²) in [6.45, 7) is 9.58. The zero-order chi connectivity index (χ0) is 11.8. The van der Waals surface area contributed by atoms with Crippen LogP contribution in [0.2, 0.25) is 0 Å². The second-order valence-electron chi connectivity index (χ2n) is 3.90. The molecule has 0 amide bonds. The monoisotopic (exact) mass is 219 g/mol. The van der Waals surface area contributed by atoms with Crippen molar-refractivity contribution in [3.8, 4) is 5.75 Å². The molecular weight excluding hydrogens is 198 g/mol. The Morgan fingerprint density at radius 1 is 1.38 bits per heavy atom. The molecule has 0 aromatic heterocycles. The van der Waals surface area contributed by atoms with Crippen LogP contribution in [0.15, 0.2) is 36.9 Å². The first-order valence-electron chi connectivity index (χ1n) is 5.84. The van der Waals surface area contributed by atoms with Gasteiger partial charge in [0, 0.05) is 12.6 Å². The van der Waals surface area contributed by atoms with E-state index >= 15 is 0 Å². The molecule has 0 radical (unpaired) electrons. The smallest absolute Gasteiger partial charge is 0.119 e. The summed E-state index contributed by atoms with van der Waals surface area (Å²) in [7, 11) is 0. The van der Waals surface area contributed by atoms with Gasteiger partial charge in [-0.15, -0.1) is 6.58 Å². The molecule has 0 spiro atoms. The molecule has 0 heterocycles. The Balaban J connectivity index is 2.41. The van der Waals surface area contributed by atoms with Gasteiger partial charge in [0.05, 0.1) is 6.61 Å². The molecule has 1 rings (SSSR count). The van der Waals surface area contributed by atoms with Crippen molar-refractivity contribution < 1.29 is 4.74 Å². The van der Waals surface area contributed by atoms with Crippen LogP contribution in [0.25, 0.3) is 0 Å². The Hall–Kier alpha value is -1.28. The maximum atomic E-state index is 5.52. The topological polar surface area (TPSA) is 21.3 Å². The predicted molar refractivity (Wildman–Crippen MR) is 68.7 cm³/mol. The van der Waals surface area contributed by atoms with Crippen molar-refractivity contribution >= 4 is 0 Å². The van der Waals surface area contributed by atoms with Crippen molar-refractivity contribution in [1.82, 2.24) is 5.32 Å². The molecule has 1 atom stereocenters. The van der Waals surface area contributed by atoms with Crippen LogP contribution in [-0.4, -0.2) is 12.6 Å². The Bertz CT molecular complexity index is 305. The quantitative estimate of drug-likeness (QED) is 0.711. The van der Waals surface area contributed by atoms with Crippen LogP contribution < -0.4 is 10.1 Å². The highest BCUT2D eigenvalue weighted by molar-refractivity contribution is 5.27. The van der Waals surface area contributed by atoms with Gasteiger partial charge in [-0.05, 0) is 31.0 Å². The zero-order valence-electron chi connectivity index (χ0n) is 10.2. The van der Waals surface area contributed by atoms with Crippen molar-refractivity contribution in [2.45, 2.75) is 32.9 Å². The summed E-state index contributed by atoms with van der Waals surface area (Å²) in [6, 6.07) is 8.56. The molecular formula is C14H21NO. The van der Waals surface area contributed by atoms with E-state index in [1.165, 1.54) is 5.56 Å². The van der Waals surface area contributed by atoms with Crippen LogP contribution in [0.5, 0.6) is 5.75 Å². The van der Waals surface area contributed by atoms with Gasteiger partial charge in [-0.2, -0.15) is 0 Å². The van der Waals surface area contributed by atoms with E-state index in [4.69, 9.17) is 4.74 Å². The molecule has 2 heteroatoms. The fourth-order valence-corrected chi connectivity index (χ4v) is 1.29. The molecule has 88 valence electrons. The van der Waals surface area contributed by atoms with Crippen LogP contribution in [0.1, 0.15) is 25.8 Å². The van der Waals surface area contributed by atoms with E-state index in [0.717, 1.165) is 25.3 Å². The van der Waals surface area contributed by atoms with Gasteiger partial charge in [0.15, 0.2) is 0 Å². The molecule has 0 aliphatic heterocycles. The summed E-state index contributed by atoms with van der Waals surface area (Å²) in [5, 5.41) is 3.35. The van der Waals surface area contributed by atoms with Gasteiger partial charge in [0.2, 0.25) is 0 Å². The van der Waals surface area contributed by atoms with E-state index in [-0.39, 0.29) is 0 Å². The van der Waals surface area contributed by atoms with Crippen LogP contribution in [0, 0.1) is 0 Å². The highest BCUT2D eigenvalue weighted by atomic mass is 16.5. The number of hydrogen-bond donors (Lipinski definition) is 1. The largest absolute Gasteiger partial charge is 0.494 e. The van der Waals surface area contributed by atoms with Crippen molar-refractivity contribution in [2.75, 3.05) is 6.61 Å². The van der Waals surface area contributed by atoms with Gasteiger partial charge in [0.1, 0.15) is 5.75 Å². The molecule has 1 N–H and O–H groups in total. The fraction of sp³-hybridized carbons (Fsp3) is 0.429. The summed E-state index contributed by atoms with van der Waals surface area (Å²) in [5.74, 6) is 0.947. The van der Waals surface area contributed by atoms with Gasteiger partial charge < -0.3 is 10.1 Å². The lowest BCUT2D eigenvalue weighted by Gasteiger charge is -2.10. The van der Waals surface area contributed by atoms with Crippen molar-refractivity contribution in [3.63, 3.8) is 0 Å². The first-order chi connectivity index (χ1) is 7.76. The van der Waals surface area contributed by atoms with Gasteiger partial charge >= 0.3 is 0 Å². The van der Waals surface area contributed by atoms with E-state index in [1.807, 2.05) is 18.2 Å². The molecule has 1 aromatic rings. The normalized spacial score (nSPS) is 12.1. The van der Waals surface area contributed by atoms with E-state index in [1.54, 1.807) is 0 Å². The minimum atomic E-state index is 0.344. The maximum absolute atomic E-state index is 5.52. The Morgan fingerprint density at radius 2 is 2.06 bits per heavy atom. The van der Waals surface area contributed by atoms with Crippen molar-refractivity contribution in [3.05, 3.63) is 42.5 Å². The van der Waals surface area contributed by atoms with Crippen molar-refractivity contribution in [1.29, 1.82) is 0 Å². The van der Waals surface area contributed by atoms with Crippen LogP contribution in [-0.2, 0) is 6.54 Å². The average molecular weight is 219 g/mol. The lowest BCUT2D eigenvalue weighted by Crippen LogP contribution is -2.22. The van der Waals surface area contributed by atoms with Crippen LogP contribution in [0.4, 0.5) is 0 Å². The summed E-state index contributed by atoms with van der Waals surface area (Å²) in [5.41, 5.74) is 1.26. The van der Waals surface area contributed by atoms with Gasteiger partial charge in [-0.3, -0.25) is 0 Å². The maximum Gasteiger partial charge on any atom is 0.119 e. The second-order valence-corrected chi connectivity index (χ2v) is 3.90. The lowest BCUT2D eigenvalue weighted by atomic mass is 10.2. The predicted octanol–water partition coefficient (Wildman–Crippen LogP) is 3.14. The first kappa shape index (κ1) is 12.8. The Labute approximate surface area is 98.3 Å². The minimum Gasteiger partial charge on any atom is -0.494 e. The minimum absolute atomic E-state index is 0.344. The molecule has 2 nitrogen and oxygen atoms in total. The number of hydrogen-bond acceptors (Lipinski definition) is 2. The molecule has 0 bridgehead atoms. The summed E-state index contributed by atoms with van der Waals surface area (Å²) >= 11 is 0. The van der Waals surface area contributed by atoms with Gasteiger partial charge in [-0.1, -0.05) is 25.1 Å². The SMILES string of the molecule is C=CC(C)NCc1ccc(OCCC)cc1. The molecule has 1 unspecified atom stereocenters. The average Bonchev–Trinajstić information content (AvgIpc) is 2.34. The van der Waals surface area contributed by atoms with Crippen molar-refractivity contribution in [2.24, 2.45) is 0 Å². The van der Waals surface area contributed by atoms with Crippen LogP contribution in [0.3, 0.4) is 0 Å². The molecule has 0 fully saturated rings. The van der Waals surface area contributed by atoms with Crippen LogP contribution >= 0.6 is 0 Å². The fourth-order valence-electron chi connectivity index (χ4n) is 1.29. The van der Waals surface area contributed by atoms with E-state index in [9.17, 15) is 0 Å².